The summed E-state index contributed by atoms with van der Waals surface area (Å²) in [6, 6.07) is 12.6. The lowest BCUT2D eigenvalue weighted by atomic mass is 10.1. The number of nitro groups is 1. The Bertz CT molecular complexity index is 804. The first-order valence-electron chi connectivity index (χ1n) is 8.13. The molecule has 2 aromatic rings. The highest BCUT2D eigenvalue weighted by molar-refractivity contribution is 5.74. The van der Waals surface area contributed by atoms with Crippen molar-refractivity contribution in [2.75, 3.05) is 12.3 Å². The van der Waals surface area contributed by atoms with Crippen molar-refractivity contribution < 1.29 is 14.5 Å². The third-order valence-corrected chi connectivity index (χ3v) is 3.62. The Morgan fingerprint density at radius 1 is 1.31 bits per heavy atom. The molecule has 0 atom stereocenters. The standard InChI is InChI=1S/C19H21N3O4/c1-14-11-16(18(20)17(12-14)22(24)25)9-5-6-10-21-19(23)26-13-15-7-3-2-4-8-15/h2-5,7-9,11-12H,6,10,13,20H2,1H3,(H,21,23). The first kappa shape index (κ1) is 19.0. The average Bonchev–Trinajstić information content (AvgIpc) is 2.62. The van der Waals surface area contributed by atoms with Gasteiger partial charge >= 0.3 is 6.09 Å². The third kappa shape index (κ3) is 5.62. The molecule has 0 radical (unpaired) electrons. The van der Waals surface area contributed by atoms with E-state index in [1.165, 1.54) is 6.07 Å². The van der Waals surface area contributed by atoms with Gasteiger partial charge in [0.1, 0.15) is 12.3 Å². The molecule has 136 valence electrons. The highest BCUT2D eigenvalue weighted by atomic mass is 16.6. The number of ether oxygens (including phenoxy) is 1. The second kappa shape index (κ2) is 9.22. The molecular formula is C19H21N3O4. The summed E-state index contributed by atoms with van der Waals surface area (Å²) >= 11 is 0. The highest BCUT2D eigenvalue weighted by Crippen LogP contribution is 2.27. The van der Waals surface area contributed by atoms with Crippen molar-refractivity contribution in [2.24, 2.45) is 0 Å². The maximum absolute atomic E-state index is 11.6. The number of benzene rings is 2. The first-order valence-corrected chi connectivity index (χ1v) is 8.13. The smallest absolute Gasteiger partial charge is 0.407 e. The Kier molecular flexibility index (Phi) is 6.73. The van der Waals surface area contributed by atoms with Crippen LogP contribution in [0.3, 0.4) is 0 Å². The number of nitrogens with one attached hydrogen (secondary N) is 1. The molecule has 7 nitrogen and oxygen atoms in total. The monoisotopic (exact) mass is 355 g/mol. The van der Waals surface area contributed by atoms with Gasteiger partial charge in [0.25, 0.3) is 5.69 Å². The van der Waals surface area contributed by atoms with Gasteiger partial charge in [-0.2, -0.15) is 0 Å². The van der Waals surface area contributed by atoms with Crippen molar-refractivity contribution in [1.29, 1.82) is 0 Å². The molecule has 0 bridgehead atoms. The van der Waals surface area contributed by atoms with Crippen LogP contribution >= 0.6 is 0 Å². The van der Waals surface area contributed by atoms with Crippen LogP contribution < -0.4 is 11.1 Å². The zero-order valence-electron chi connectivity index (χ0n) is 14.5. The normalized spacial score (nSPS) is 10.7. The number of hydrogen-bond donors (Lipinski definition) is 2. The maximum atomic E-state index is 11.6. The molecule has 0 heterocycles. The Balaban J connectivity index is 1.79. The van der Waals surface area contributed by atoms with Gasteiger partial charge in [0.05, 0.1) is 4.92 Å². The average molecular weight is 355 g/mol. The molecule has 26 heavy (non-hydrogen) atoms. The third-order valence-electron chi connectivity index (χ3n) is 3.62. The summed E-state index contributed by atoms with van der Waals surface area (Å²) in [5.74, 6) is 0. The molecule has 2 aromatic carbocycles. The van der Waals surface area contributed by atoms with Crippen LogP contribution in [0.4, 0.5) is 16.2 Å². The van der Waals surface area contributed by atoms with E-state index in [4.69, 9.17) is 10.5 Å². The number of rotatable bonds is 7. The van der Waals surface area contributed by atoms with E-state index in [2.05, 4.69) is 5.32 Å². The van der Waals surface area contributed by atoms with Gasteiger partial charge in [-0.3, -0.25) is 10.1 Å². The van der Waals surface area contributed by atoms with Crippen LogP contribution in [0.25, 0.3) is 6.08 Å². The Morgan fingerprint density at radius 3 is 2.73 bits per heavy atom. The topological polar surface area (TPSA) is 107 Å². The fourth-order valence-electron chi connectivity index (χ4n) is 2.34. The van der Waals surface area contributed by atoms with Crippen molar-refractivity contribution in [1.82, 2.24) is 5.32 Å². The molecule has 0 aliphatic carbocycles. The van der Waals surface area contributed by atoms with Crippen molar-refractivity contribution in [3.05, 3.63) is 75.3 Å². The number of amides is 1. The predicted molar refractivity (Wildman–Crippen MR) is 101 cm³/mol. The zero-order valence-corrected chi connectivity index (χ0v) is 14.5. The van der Waals surface area contributed by atoms with E-state index in [0.29, 0.717) is 18.5 Å². The molecule has 7 heteroatoms. The molecule has 0 saturated carbocycles. The molecule has 3 N–H and O–H groups in total. The lowest BCUT2D eigenvalue weighted by molar-refractivity contribution is -0.383. The number of nitrogens with two attached hydrogens (primary N) is 1. The van der Waals surface area contributed by atoms with Gasteiger partial charge in [-0.1, -0.05) is 42.5 Å². The second-order valence-electron chi connectivity index (χ2n) is 5.72. The maximum Gasteiger partial charge on any atom is 0.407 e. The summed E-state index contributed by atoms with van der Waals surface area (Å²) in [5.41, 5.74) is 8.12. The van der Waals surface area contributed by atoms with Crippen molar-refractivity contribution in [2.45, 2.75) is 20.0 Å². The van der Waals surface area contributed by atoms with Crippen LogP contribution in [0.5, 0.6) is 0 Å². The second-order valence-corrected chi connectivity index (χ2v) is 5.72. The van der Waals surface area contributed by atoms with Crippen LogP contribution in [0.2, 0.25) is 0 Å². The fraction of sp³-hybridized carbons (Fsp3) is 0.211. The quantitative estimate of drug-likeness (QED) is 0.340. The molecule has 0 aliphatic rings. The van der Waals surface area contributed by atoms with E-state index in [0.717, 1.165) is 11.1 Å². The van der Waals surface area contributed by atoms with Gasteiger partial charge in [-0.25, -0.2) is 4.79 Å². The molecule has 0 aromatic heterocycles. The van der Waals surface area contributed by atoms with E-state index in [1.807, 2.05) is 30.3 Å². The van der Waals surface area contributed by atoms with Gasteiger partial charge in [-0.05, 0) is 30.5 Å². The number of alkyl carbamates (subject to hydrolysis) is 1. The van der Waals surface area contributed by atoms with Gasteiger partial charge < -0.3 is 15.8 Å². The SMILES string of the molecule is Cc1cc(C=CCCNC(=O)OCc2ccccc2)c(N)c([N+](=O)[O-])c1. The number of aryl methyl sites for hydroxylation is 1. The van der Waals surface area contributed by atoms with Crippen molar-refractivity contribution >= 4 is 23.5 Å². The number of nitro benzene ring substituents is 1. The summed E-state index contributed by atoms with van der Waals surface area (Å²) in [5, 5.41) is 13.6. The minimum absolute atomic E-state index is 0.104. The Morgan fingerprint density at radius 2 is 2.04 bits per heavy atom. The molecule has 1 amide bonds. The van der Waals surface area contributed by atoms with E-state index >= 15 is 0 Å². The molecule has 2 rings (SSSR count). The number of hydrogen-bond acceptors (Lipinski definition) is 5. The lowest BCUT2D eigenvalue weighted by Crippen LogP contribution is -2.24. The fourth-order valence-corrected chi connectivity index (χ4v) is 2.34. The summed E-state index contributed by atoms with van der Waals surface area (Å²) in [6.45, 7) is 2.37. The minimum Gasteiger partial charge on any atom is -0.445 e. The minimum atomic E-state index is -0.496. The van der Waals surface area contributed by atoms with Crippen LogP contribution in [-0.4, -0.2) is 17.6 Å². The van der Waals surface area contributed by atoms with Gasteiger partial charge in [-0.15, -0.1) is 0 Å². The van der Waals surface area contributed by atoms with E-state index in [1.54, 1.807) is 25.1 Å². The van der Waals surface area contributed by atoms with Gasteiger partial charge in [0.2, 0.25) is 0 Å². The molecule has 0 unspecified atom stereocenters. The molecule has 0 saturated heterocycles. The number of nitrogens with zero attached hydrogens (tertiary/aromatic N) is 1. The molecule has 0 spiro atoms. The molecule has 0 aliphatic heterocycles. The van der Waals surface area contributed by atoms with Crippen LogP contribution in [0.15, 0.2) is 48.5 Å². The summed E-state index contributed by atoms with van der Waals surface area (Å²) in [6.07, 6.45) is 3.56. The van der Waals surface area contributed by atoms with Crippen molar-refractivity contribution in [3.63, 3.8) is 0 Å². The van der Waals surface area contributed by atoms with E-state index in [9.17, 15) is 14.9 Å². The summed E-state index contributed by atoms with van der Waals surface area (Å²) < 4.78 is 5.10. The predicted octanol–water partition coefficient (Wildman–Crippen LogP) is 3.82. The molecular weight excluding hydrogens is 334 g/mol. The first-order chi connectivity index (χ1) is 12.5. The Hall–Kier alpha value is -3.35. The Labute approximate surface area is 151 Å². The van der Waals surface area contributed by atoms with E-state index < -0.39 is 11.0 Å². The number of anilines is 1. The van der Waals surface area contributed by atoms with Gasteiger partial charge in [0.15, 0.2) is 0 Å². The van der Waals surface area contributed by atoms with Crippen LogP contribution in [0, 0.1) is 17.0 Å². The summed E-state index contributed by atoms with van der Waals surface area (Å²) in [4.78, 5) is 22.1. The number of carbonyl (C=O) groups is 1. The number of carbonyl (C=O) groups excluding carboxylic acids is 1. The van der Waals surface area contributed by atoms with Crippen LogP contribution in [0.1, 0.15) is 23.1 Å². The van der Waals surface area contributed by atoms with Crippen molar-refractivity contribution in [3.8, 4) is 0 Å². The number of nitrogen functional groups attached to an aromatic ring is 1. The lowest BCUT2D eigenvalue weighted by Gasteiger charge is -2.06. The largest absolute Gasteiger partial charge is 0.445 e. The highest BCUT2D eigenvalue weighted by Gasteiger charge is 2.14. The van der Waals surface area contributed by atoms with Gasteiger partial charge in [0, 0.05) is 18.2 Å². The summed E-state index contributed by atoms with van der Waals surface area (Å²) in [7, 11) is 0. The van der Waals surface area contributed by atoms with E-state index in [-0.39, 0.29) is 18.0 Å². The molecule has 0 fully saturated rings. The van der Waals surface area contributed by atoms with Crippen LogP contribution in [-0.2, 0) is 11.3 Å². The zero-order chi connectivity index (χ0) is 18.9.